The minimum absolute atomic E-state index is 0.249. The molecule has 23 heavy (non-hydrogen) atoms. The van der Waals surface area contributed by atoms with Gasteiger partial charge in [-0.05, 0) is 18.1 Å². The van der Waals surface area contributed by atoms with Crippen LogP contribution in [0.4, 0.5) is 5.82 Å². The van der Waals surface area contributed by atoms with Crippen molar-refractivity contribution in [2.75, 3.05) is 5.73 Å². The topological polar surface area (TPSA) is 93.5 Å². The summed E-state index contributed by atoms with van der Waals surface area (Å²) in [4.78, 5) is 19.0. The fourth-order valence-electron chi connectivity index (χ4n) is 1.94. The lowest BCUT2D eigenvalue weighted by molar-refractivity contribution is 0.0697. The number of hydrogen-bond donors (Lipinski definition) is 2. The molecule has 0 radical (unpaired) electrons. The van der Waals surface area contributed by atoms with E-state index in [1.54, 1.807) is 42.9 Å². The molecule has 6 heteroatoms. The number of carbonyl (C=O) groups is 1. The number of hydrogen-bond acceptors (Lipinski definition) is 4. The Morgan fingerprint density at radius 2 is 1.78 bits per heavy atom. The first-order chi connectivity index (χ1) is 10.9. The summed E-state index contributed by atoms with van der Waals surface area (Å²) in [5.41, 5.74) is 8.27. The van der Waals surface area contributed by atoms with E-state index in [1.165, 1.54) is 0 Å². The molecule has 0 aliphatic rings. The van der Waals surface area contributed by atoms with Gasteiger partial charge >= 0.3 is 5.97 Å². The van der Waals surface area contributed by atoms with E-state index >= 15 is 0 Å². The van der Waals surface area contributed by atoms with Crippen LogP contribution in [0.3, 0.4) is 0 Å². The molecule has 120 valence electrons. The first-order valence-electron chi connectivity index (χ1n) is 7.31. The molecule has 3 aromatic rings. The molecule has 2 aromatic heterocycles. The van der Waals surface area contributed by atoms with E-state index in [0.717, 1.165) is 17.2 Å². The number of nitrogens with two attached hydrogens (primary N) is 1. The molecule has 0 aliphatic carbocycles. The van der Waals surface area contributed by atoms with Gasteiger partial charge in [0.2, 0.25) is 0 Å². The van der Waals surface area contributed by atoms with E-state index in [2.05, 4.69) is 30.7 Å². The Hall–Kier alpha value is -2.89. The SMILES string of the molecule is CC(C)C.Nc1nccn2c(-c3ccc(C(=O)O)cc3)cnc12. The highest BCUT2D eigenvalue weighted by Crippen LogP contribution is 2.22. The van der Waals surface area contributed by atoms with Crippen molar-refractivity contribution in [1.29, 1.82) is 0 Å². The van der Waals surface area contributed by atoms with Crippen LogP contribution in [0.5, 0.6) is 0 Å². The summed E-state index contributed by atoms with van der Waals surface area (Å²) in [6.07, 6.45) is 5.04. The normalized spacial score (nSPS) is 10.4. The Kier molecular flexibility index (Phi) is 4.95. The maximum absolute atomic E-state index is 10.8. The molecule has 0 saturated carbocycles. The molecule has 6 nitrogen and oxygen atoms in total. The largest absolute Gasteiger partial charge is 0.478 e. The van der Waals surface area contributed by atoms with Crippen molar-refractivity contribution in [2.24, 2.45) is 5.92 Å². The molecule has 0 spiro atoms. The number of anilines is 1. The zero-order valence-electron chi connectivity index (χ0n) is 13.4. The van der Waals surface area contributed by atoms with E-state index in [1.807, 2.05) is 4.40 Å². The van der Waals surface area contributed by atoms with Crippen LogP contribution < -0.4 is 5.73 Å². The van der Waals surface area contributed by atoms with Gasteiger partial charge in [0, 0.05) is 18.0 Å². The third-order valence-electron chi connectivity index (χ3n) is 2.88. The van der Waals surface area contributed by atoms with Gasteiger partial charge in [-0.25, -0.2) is 14.8 Å². The van der Waals surface area contributed by atoms with Crippen molar-refractivity contribution < 1.29 is 9.90 Å². The van der Waals surface area contributed by atoms with Crippen LogP contribution in [-0.2, 0) is 0 Å². The second-order valence-corrected chi connectivity index (χ2v) is 5.76. The fourth-order valence-corrected chi connectivity index (χ4v) is 1.94. The third-order valence-corrected chi connectivity index (χ3v) is 2.88. The fraction of sp³-hybridized carbons (Fsp3) is 0.235. The Labute approximate surface area is 134 Å². The smallest absolute Gasteiger partial charge is 0.335 e. The van der Waals surface area contributed by atoms with Crippen molar-refractivity contribution in [2.45, 2.75) is 20.8 Å². The first-order valence-corrected chi connectivity index (χ1v) is 7.31. The van der Waals surface area contributed by atoms with Crippen molar-refractivity contribution in [3.63, 3.8) is 0 Å². The Balaban J connectivity index is 0.000000433. The van der Waals surface area contributed by atoms with Gasteiger partial charge in [-0.3, -0.25) is 4.40 Å². The summed E-state index contributed by atoms with van der Waals surface area (Å²) < 4.78 is 1.82. The number of imidazole rings is 1. The van der Waals surface area contributed by atoms with Gasteiger partial charge < -0.3 is 10.8 Å². The Morgan fingerprint density at radius 1 is 1.17 bits per heavy atom. The zero-order valence-corrected chi connectivity index (χ0v) is 13.4. The molecule has 0 unspecified atom stereocenters. The van der Waals surface area contributed by atoms with Gasteiger partial charge in [0.25, 0.3) is 0 Å². The van der Waals surface area contributed by atoms with Crippen LogP contribution in [0.2, 0.25) is 0 Å². The molecule has 1 aromatic carbocycles. The highest BCUT2D eigenvalue weighted by molar-refractivity contribution is 5.88. The molecule has 0 aliphatic heterocycles. The maximum atomic E-state index is 10.8. The number of nitrogens with zero attached hydrogens (tertiary/aromatic N) is 3. The van der Waals surface area contributed by atoms with Crippen LogP contribution in [0.25, 0.3) is 16.9 Å². The number of aromatic nitrogens is 3. The van der Waals surface area contributed by atoms with E-state index in [-0.39, 0.29) is 5.56 Å². The number of carboxylic acid groups (broad SMARTS) is 1. The standard InChI is InChI=1S/C13H10N4O2.C4H10/c14-11-12-16-7-10(17(12)6-5-15-11)8-1-3-9(4-2-8)13(18)19;1-4(2)3/h1-7H,(H2,14,15)(H,18,19);4H,1-3H3. The summed E-state index contributed by atoms with van der Waals surface area (Å²) in [5, 5.41) is 8.87. The van der Waals surface area contributed by atoms with E-state index in [4.69, 9.17) is 10.8 Å². The van der Waals surface area contributed by atoms with Gasteiger partial charge in [0.15, 0.2) is 11.5 Å². The lowest BCUT2D eigenvalue weighted by Gasteiger charge is -2.03. The van der Waals surface area contributed by atoms with Crippen LogP contribution in [0.15, 0.2) is 42.9 Å². The van der Waals surface area contributed by atoms with E-state index in [0.29, 0.717) is 11.5 Å². The summed E-state index contributed by atoms with van der Waals surface area (Å²) in [6.45, 7) is 6.50. The van der Waals surface area contributed by atoms with Gasteiger partial charge in [0.05, 0.1) is 17.5 Å². The van der Waals surface area contributed by atoms with Crippen molar-refractivity contribution in [3.05, 3.63) is 48.4 Å². The van der Waals surface area contributed by atoms with E-state index < -0.39 is 5.97 Å². The molecule has 3 N–H and O–H groups in total. The quantitative estimate of drug-likeness (QED) is 0.757. The molecular formula is C17H20N4O2. The number of fused-ring (bicyclic) bond motifs is 1. The minimum atomic E-state index is -0.946. The van der Waals surface area contributed by atoms with Crippen LogP contribution in [0.1, 0.15) is 31.1 Å². The average Bonchev–Trinajstić information content (AvgIpc) is 2.92. The van der Waals surface area contributed by atoms with Crippen LogP contribution in [0, 0.1) is 5.92 Å². The van der Waals surface area contributed by atoms with Gasteiger partial charge in [-0.15, -0.1) is 0 Å². The Morgan fingerprint density at radius 3 is 2.35 bits per heavy atom. The number of rotatable bonds is 2. The predicted octanol–water partition coefficient (Wildman–Crippen LogP) is 3.34. The lowest BCUT2D eigenvalue weighted by atomic mass is 10.1. The molecule has 3 rings (SSSR count). The molecule has 2 heterocycles. The van der Waals surface area contributed by atoms with Gasteiger partial charge in [-0.1, -0.05) is 32.9 Å². The predicted molar refractivity (Wildman–Crippen MR) is 90.3 cm³/mol. The second-order valence-electron chi connectivity index (χ2n) is 5.76. The molecular weight excluding hydrogens is 292 g/mol. The summed E-state index contributed by atoms with van der Waals surface area (Å²) in [5.74, 6) is 0.244. The highest BCUT2D eigenvalue weighted by atomic mass is 16.4. The molecule has 0 amide bonds. The highest BCUT2D eigenvalue weighted by Gasteiger charge is 2.09. The van der Waals surface area contributed by atoms with Crippen LogP contribution >= 0.6 is 0 Å². The minimum Gasteiger partial charge on any atom is -0.478 e. The van der Waals surface area contributed by atoms with Crippen molar-refractivity contribution in [1.82, 2.24) is 14.4 Å². The number of nitrogen functional groups attached to an aromatic ring is 1. The number of aromatic carboxylic acids is 1. The van der Waals surface area contributed by atoms with Gasteiger partial charge in [-0.2, -0.15) is 0 Å². The monoisotopic (exact) mass is 312 g/mol. The van der Waals surface area contributed by atoms with Crippen molar-refractivity contribution >= 4 is 17.4 Å². The van der Waals surface area contributed by atoms with E-state index in [9.17, 15) is 4.79 Å². The van der Waals surface area contributed by atoms with Crippen LogP contribution in [-0.4, -0.2) is 25.4 Å². The first kappa shape index (κ1) is 16.5. The molecule has 0 bridgehead atoms. The molecule has 0 fully saturated rings. The lowest BCUT2D eigenvalue weighted by Crippen LogP contribution is -1.97. The summed E-state index contributed by atoms with van der Waals surface area (Å²) in [7, 11) is 0. The average molecular weight is 312 g/mol. The van der Waals surface area contributed by atoms with Crippen molar-refractivity contribution in [3.8, 4) is 11.3 Å². The molecule has 0 atom stereocenters. The number of carboxylic acids is 1. The molecule has 0 saturated heterocycles. The summed E-state index contributed by atoms with van der Waals surface area (Å²) in [6, 6.07) is 6.59. The maximum Gasteiger partial charge on any atom is 0.335 e. The number of benzene rings is 1. The third kappa shape index (κ3) is 3.85. The summed E-state index contributed by atoms with van der Waals surface area (Å²) >= 11 is 0. The zero-order chi connectivity index (χ0) is 17.0. The van der Waals surface area contributed by atoms with Gasteiger partial charge in [0.1, 0.15) is 0 Å². The second kappa shape index (κ2) is 6.91. The Bertz CT molecular complexity index is 804.